The number of hydrogen-bond donors (Lipinski definition) is 2. The van der Waals surface area contributed by atoms with Crippen molar-refractivity contribution < 1.29 is 9.90 Å². The second-order valence-corrected chi connectivity index (χ2v) is 5.94. The largest absolute Gasteiger partial charge is 0.476 e. The smallest absolute Gasteiger partial charge is 0.357 e. The molecule has 0 saturated carbocycles. The van der Waals surface area contributed by atoms with E-state index in [1.54, 1.807) is 0 Å². The lowest BCUT2D eigenvalue weighted by molar-refractivity contribution is 0.0692. The standard InChI is InChI=1S/C14H9BrN2O2S/c15-10-3-1-9-6-11(4-2-8(9)5-10)17-13-12(14(18)19)16-7-20-13/h1-7,17H,(H,18,19). The van der Waals surface area contributed by atoms with Crippen LogP contribution in [0.4, 0.5) is 10.7 Å². The van der Waals surface area contributed by atoms with Gasteiger partial charge >= 0.3 is 5.97 Å². The summed E-state index contributed by atoms with van der Waals surface area (Å²) in [6.07, 6.45) is 0. The molecule has 3 aromatic rings. The van der Waals surface area contributed by atoms with Gasteiger partial charge in [-0.3, -0.25) is 0 Å². The minimum Gasteiger partial charge on any atom is -0.476 e. The van der Waals surface area contributed by atoms with E-state index in [0.717, 1.165) is 20.9 Å². The van der Waals surface area contributed by atoms with Crippen LogP contribution in [0.25, 0.3) is 10.8 Å². The molecular weight excluding hydrogens is 340 g/mol. The molecule has 6 heteroatoms. The first-order valence-electron chi connectivity index (χ1n) is 5.76. The highest BCUT2D eigenvalue weighted by Crippen LogP contribution is 2.28. The number of nitrogens with zero attached hydrogens (tertiary/aromatic N) is 1. The summed E-state index contributed by atoms with van der Waals surface area (Å²) in [6, 6.07) is 11.9. The highest BCUT2D eigenvalue weighted by Gasteiger charge is 2.13. The number of thiazole rings is 1. The molecule has 0 unspecified atom stereocenters. The van der Waals surface area contributed by atoms with Crippen LogP contribution < -0.4 is 5.32 Å². The zero-order valence-corrected chi connectivity index (χ0v) is 12.5. The average molecular weight is 349 g/mol. The second kappa shape index (κ2) is 5.22. The van der Waals surface area contributed by atoms with E-state index >= 15 is 0 Å². The predicted octanol–water partition coefficient (Wildman–Crippen LogP) is 4.50. The lowest BCUT2D eigenvalue weighted by Crippen LogP contribution is -2.00. The van der Waals surface area contributed by atoms with Crippen molar-refractivity contribution in [2.24, 2.45) is 0 Å². The number of benzene rings is 2. The molecule has 20 heavy (non-hydrogen) atoms. The number of aromatic nitrogens is 1. The molecule has 4 nitrogen and oxygen atoms in total. The summed E-state index contributed by atoms with van der Waals surface area (Å²) < 4.78 is 1.03. The van der Waals surface area contributed by atoms with Crippen LogP contribution in [0.1, 0.15) is 10.5 Å². The third kappa shape index (κ3) is 2.52. The predicted molar refractivity (Wildman–Crippen MR) is 84.0 cm³/mol. The van der Waals surface area contributed by atoms with Crippen LogP contribution in [0.5, 0.6) is 0 Å². The maximum Gasteiger partial charge on any atom is 0.357 e. The van der Waals surface area contributed by atoms with Gasteiger partial charge in [0.1, 0.15) is 5.00 Å². The monoisotopic (exact) mass is 348 g/mol. The first kappa shape index (κ1) is 13.1. The summed E-state index contributed by atoms with van der Waals surface area (Å²) in [5.41, 5.74) is 2.40. The molecule has 0 spiro atoms. The van der Waals surface area contributed by atoms with Gasteiger partial charge in [-0.25, -0.2) is 9.78 Å². The van der Waals surface area contributed by atoms with Crippen LogP contribution in [-0.4, -0.2) is 16.1 Å². The Hall–Kier alpha value is -1.92. The van der Waals surface area contributed by atoms with E-state index in [-0.39, 0.29) is 5.69 Å². The summed E-state index contributed by atoms with van der Waals surface area (Å²) in [4.78, 5) is 14.9. The number of carboxylic acids is 1. The maximum absolute atomic E-state index is 11.0. The van der Waals surface area contributed by atoms with Crippen molar-refractivity contribution >= 4 is 54.7 Å². The third-order valence-electron chi connectivity index (χ3n) is 2.83. The molecule has 0 radical (unpaired) electrons. The Labute approximate surface area is 127 Å². The summed E-state index contributed by atoms with van der Waals surface area (Å²) >= 11 is 4.71. The topological polar surface area (TPSA) is 62.2 Å². The SMILES string of the molecule is O=C(O)c1ncsc1Nc1ccc2cc(Br)ccc2c1. The van der Waals surface area contributed by atoms with Gasteiger partial charge in [0.05, 0.1) is 5.51 Å². The molecule has 0 aliphatic carbocycles. The number of halogens is 1. The van der Waals surface area contributed by atoms with Crippen molar-refractivity contribution in [1.29, 1.82) is 0 Å². The third-order valence-corrected chi connectivity index (χ3v) is 4.07. The molecule has 1 heterocycles. The van der Waals surface area contributed by atoms with Gasteiger partial charge in [-0.1, -0.05) is 28.1 Å². The van der Waals surface area contributed by atoms with Gasteiger partial charge in [0.25, 0.3) is 0 Å². The molecule has 100 valence electrons. The quantitative estimate of drug-likeness (QED) is 0.731. The molecule has 0 atom stereocenters. The maximum atomic E-state index is 11.0. The number of carbonyl (C=O) groups is 1. The fourth-order valence-electron chi connectivity index (χ4n) is 1.91. The van der Waals surface area contributed by atoms with E-state index in [0.29, 0.717) is 5.00 Å². The molecular formula is C14H9BrN2O2S. The Morgan fingerprint density at radius 2 is 1.95 bits per heavy atom. The molecule has 0 bridgehead atoms. The Bertz CT molecular complexity index is 801. The molecule has 0 amide bonds. The first-order chi connectivity index (χ1) is 9.63. The van der Waals surface area contributed by atoms with E-state index in [1.165, 1.54) is 16.8 Å². The molecule has 0 aliphatic rings. The van der Waals surface area contributed by atoms with E-state index < -0.39 is 5.97 Å². The molecule has 2 N–H and O–H groups in total. The fourth-order valence-corrected chi connectivity index (χ4v) is 2.98. The van der Waals surface area contributed by atoms with Crippen LogP contribution in [0.2, 0.25) is 0 Å². The molecule has 0 saturated heterocycles. The summed E-state index contributed by atoms with van der Waals surface area (Å²) in [7, 11) is 0. The summed E-state index contributed by atoms with van der Waals surface area (Å²) in [5.74, 6) is -1.03. The van der Waals surface area contributed by atoms with Gasteiger partial charge < -0.3 is 10.4 Å². The Morgan fingerprint density at radius 1 is 1.20 bits per heavy atom. The zero-order chi connectivity index (χ0) is 14.1. The highest BCUT2D eigenvalue weighted by atomic mass is 79.9. The average Bonchev–Trinajstić information content (AvgIpc) is 2.87. The van der Waals surface area contributed by atoms with E-state index in [4.69, 9.17) is 5.11 Å². The van der Waals surface area contributed by atoms with Gasteiger partial charge in [-0.15, -0.1) is 11.3 Å². The van der Waals surface area contributed by atoms with Crippen molar-refractivity contribution in [3.63, 3.8) is 0 Å². The Morgan fingerprint density at radius 3 is 2.75 bits per heavy atom. The number of carboxylic acid groups (broad SMARTS) is 1. The van der Waals surface area contributed by atoms with Crippen molar-refractivity contribution in [2.45, 2.75) is 0 Å². The molecule has 0 fully saturated rings. The fraction of sp³-hybridized carbons (Fsp3) is 0. The molecule has 2 aromatic carbocycles. The first-order valence-corrected chi connectivity index (χ1v) is 7.44. The number of fused-ring (bicyclic) bond motifs is 1. The molecule has 3 rings (SSSR count). The van der Waals surface area contributed by atoms with Crippen molar-refractivity contribution in [3.05, 3.63) is 52.1 Å². The van der Waals surface area contributed by atoms with Crippen molar-refractivity contribution in [3.8, 4) is 0 Å². The van der Waals surface area contributed by atoms with E-state index in [1.807, 2.05) is 36.4 Å². The summed E-state index contributed by atoms with van der Waals surface area (Å²) in [5, 5.41) is 14.9. The molecule has 1 aromatic heterocycles. The van der Waals surface area contributed by atoms with Gasteiger partial charge in [-0.2, -0.15) is 0 Å². The number of aromatic carboxylic acids is 1. The van der Waals surface area contributed by atoms with Gasteiger partial charge in [0.2, 0.25) is 0 Å². The number of hydrogen-bond acceptors (Lipinski definition) is 4. The van der Waals surface area contributed by atoms with Crippen LogP contribution in [0.15, 0.2) is 46.4 Å². The van der Waals surface area contributed by atoms with Crippen LogP contribution >= 0.6 is 27.3 Å². The van der Waals surface area contributed by atoms with Crippen molar-refractivity contribution in [1.82, 2.24) is 4.98 Å². The Balaban J connectivity index is 1.96. The normalized spacial score (nSPS) is 10.7. The highest BCUT2D eigenvalue weighted by molar-refractivity contribution is 9.10. The number of nitrogens with one attached hydrogen (secondary N) is 1. The number of rotatable bonds is 3. The van der Waals surface area contributed by atoms with Crippen LogP contribution in [-0.2, 0) is 0 Å². The number of anilines is 2. The van der Waals surface area contributed by atoms with Gasteiger partial charge in [-0.05, 0) is 35.0 Å². The lowest BCUT2D eigenvalue weighted by Gasteiger charge is -2.06. The van der Waals surface area contributed by atoms with Crippen LogP contribution in [0, 0.1) is 0 Å². The minimum absolute atomic E-state index is 0.0471. The van der Waals surface area contributed by atoms with Crippen LogP contribution in [0.3, 0.4) is 0 Å². The Kier molecular flexibility index (Phi) is 3.42. The molecule has 0 aliphatic heterocycles. The zero-order valence-electron chi connectivity index (χ0n) is 10.1. The van der Waals surface area contributed by atoms with Gasteiger partial charge in [0.15, 0.2) is 5.69 Å². The summed E-state index contributed by atoms with van der Waals surface area (Å²) in [6.45, 7) is 0. The van der Waals surface area contributed by atoms with Gasteiger partial charge in [0, 0.05) is 10.2 Å². The van der Waals surface area contributed by atoms with Crippen molar-refractivity contribution in [2.75, 3.05) is 5.32 Å². The lowest BCUT2D eigenvalue weighted by atomic mass is 10.1. The second-order valence-electron chi connectivity index (χ2n) is 4.17. The van der Waals surface area contributed by atoms with E-state index in [2.05, 4.69) is 26.2 Å². The van der Waals surface area contributed by atoms with E-state index in [9.17, 15) is 4.79 Å². The minimum atomic E-state index is -1.03.